The van der Waals surface area contributed by atoms with Gasteiger partial charge in [-0.2, -0.15) is 5.10 Å². The number of aromatic nitrogens is 5. The van der Waals surface area contributed by atoms with Gasteiger partial charge < -0.3 is 15.6 Å². The number of fused-ring (bicyclic) bond motifs is 2. The van der Waals surface area contributed by atoms with Crippen molar-refractivity contribution in [3.63, 3.8) is 0 Å². The molecule has 5 aromatic rings. The molecule has 2 aromatic carbocycles. The van der Waals surface area contributed by atoms with Crippen LogP contribution in [0.1, 0.15) is 12.6 Å². The minimum atomic E-state index is -0.0565. The van der Waals surface area contributed by atoms with Gasteiger partial charge in [-0.05, 0) is 41.8 Å². The molecule has 0 saturated heterocycles. The van der Waals surface area contributed by atoms with Crippen molar-refractivity contribution in [3.8, 4) is 11.4 Å². The van der Waals surface area contributed by atoms with Crippen LogP contribution in [0.2, 0.25) is 0 Å². The predicted octanol–water partition coefficient (Wildman–Crippen LogP) is 3.88. The average Bonchev–Trinajstić information content (AvgIpc) is 3.38. The Morgan fingerprint density at radius 1 is 1.03 bits per heavy atom. The van der Waals surface area contributed by atoms with Gasteiger partial charge in [0.05, 0.1) is 18.3 Å². The second kappa shape index (κ2) is 7.32. The number of amides is 1. The molecule has 8 heteroatoms. The topological polar surface area (TPSA) is 111 Å². The van der Waals surface area contributed by atoms with E-state index in [4.69, 9.17) is 0 Å². The second-order valence-corrected chi connectivity index (χ2v) is 7.07. The molecule has 8 nitrogen and oxygen atoms in total. The van der Waals surface area contributed by atoms with Gasteiger partial charge >= 0.3 is 0 Å². The molecule has 3 heterocycles. The van der Waals surface area contributed by atoms with E-state index in [0.717, 1.165) is 38.8 Å². The Hall–Kier alpha value is -4.20. The lowest BCUT2D eigenvalue weighted by molar-refractivity contribution is -0.119. The van der Waals surface area contributed by atoms with Crippen molar-refractivity contribution in [1.82, 2.24) is 30.5 Å². The number of rotatable bonds is 5. The molecule has 0 saturated carbocycles. The van der Waals surface area contributed by atoms with Gasteiger partial charge in [0.1, 0.15) is 5.82 Å². The molecule has 0 spiro atoms. The van der Waals surface area contributed by atoms with Crippen LogP contribution in [0.3, 0.4) is 0 Å². The Balaban J connectivity index is 1.41. The number of benzene rings is 2. The predicted molar refractivity (Wildman–Crippen MR) is 116 cm³/mol. The molecule has 0 unspecified atom stereocenters. The maximum Gasteiger partial charge on any atom is 0.217 e. The Kier molecular flexibility index (Phi) is 4.36. The highest BCUT2D eigenvalue weighted by Gasteiger charge is 2.08. The van der Waals surface area contributed by atoms with Crippen LogP contribution >= 0.6 is 0 Å². The van der Waals surface area contributed by atoms with Gasteiger partial charge in [-0.25, -0.2) is 9.97 Å². The van der Waals surface area contributed by atoms with Crippen LogP contribution < -0.4 is 10.6 Å². The molecule has 0 bridgehead atoms. The molecule has 1 amide bonds. The lowest BCUT2D eigenvalue weighted by Crippen LogP contribution is -2.18. The van der Waals surface area contributed by atoms with E-state index in [2.05, 4.69) is 35.8 Å². The van der Waals surface area contributed by atoms with Gasteiger partial charge in [0.15, 0.2) is 5.82 Å². The molecule has 3 aromatic heterocycles. The van der Waals surface area contributed by atoms with E-state index in [9.17, 15) is 4.79 Å². The molecule has 4 N–H and O–H groups in total. The molecule has 0 aliphatic heterocycles. The zero-order chi connectivity index (χ0) is 20.5. The summed E-state index contributed by atoms with van der Waals surface area (Å²) in [7, 11) is 0. The first-order chi connectivity index (χ1) is 14.6. The molecule has 0 radical (unpaired) electrons. The fraction of sp³-hybridized carbons (Fsp3) is 0.0909. The molecular weight excluding hydrogens is 378 g/mol. The summed E-state index contributed by atoms with van der Waals surface area (Å²) in [5.74, 6) is 1.28. The van der Waals surface area contributed by atoms with Gasteiger partial charge in [-0.15, -0.1) is 0 Å². The largest absolute Gasteiger partial charge is 0.357 e. The first-order valence-electron chi connectivity index (χ1n) is 9.54. The summed E-state index contributed by atoms with van der Waals surface area (Å²) in [4.78, 5) is 23.6. The minimum Gasteiger partial charge on any atom is -0.357 e. The van der Waals surface area contributed by atoms with Crippen LogP contribution in [0.5, 0.6) is 0 Å². The third-order valence-electron chi connectivity index (χ3n) is 4.83. The molecule has 148 valence electrons. The SMILES string of the molecule is CC(=O)NCc1cc2ccc(-c3nccc(Nc4ccc5[nH]ncc5c4)n3)cc2[nH]1. The number of H-pyrrole nitrogens is 2. The Morgan fingerprint density at radius 3 is 2.87 bits per heavy atom. The summed E-state index contributed by atoms with van der Waals surface area (Å²) in [6, 6.07) is 15.9. The lowest BCUT2D eigenvalue weighted by atomic mass is 10.1. The fourth-order valence-corrected chi connectivity index (χ4v) is 3.38. The summed E-state index contributed by atoms with van der Waals surface area (Å²) in [5.41, 5.74) is 4.74. The molecule has 30 heavy (non-hydrogen) atoms. The third-order valence-corrected chi connectivity index (χ3v) is 4.83. The van der Waals surface area contributed by atoms with Crippen LogP contribution in [0.15, 0.2) is 60.9 Å². The normalized spacial score (nSPS) is 11.1. The van der Waals surface area contributed by atoms with Gasteiger partial charge in [0.25, 0.3) is 0 Å². The van der Waals surface area contributed by atoms with E-state index >= 15 is 0 Å². The summed E-state index contributed by atoms with van der Waals surface area (Å²) in [6.07, 6.45) is 3.53. The number of aromatic amines is 2. The monoisotopic (exact) mass is 397 g/mol. The smallest absolute Gasteiger partial charge is 0.217 e. The zero-order valence-electron chi connectivity index (χ0n) is 16.2. The molecule has 0 aliphatic carbocycles. The van der Waals surface area contributed by atoms with E-state index in [-0.39, 0.29) is 5.91 Å². The van der Waals surface area contributed by atoms with E-state index in [1.165, 1.54) is 6.92 Å². The van der Waals surface area contributed by atoms with Gasteiger partial charge in [0.2, 0.25) is 5.91 Å². The van der Waals surface area contributed by atoms with Crippen LogP contribution in [-0.2, 0) is 11.3 Å². The number of anilines is 2. The number of hydrogen-bond acceptors (Lipinski definition) is 5. The molecule has 0 atom stereocenters. The third kappa shape index (κ3) is 3.58. The van der Waals surface area contributed by atoms with Gasteiger partial charge in [0, 0.05) is 41.0 Å². The summed E-state index contributed by atoms with van der Waals surface area (Å²) >= 11 is 0. The Bertz CT molecular complexity index is 1370. The van der Waals surface area contributed by atoms with Crippen LogP contribution in [0.4, 0.5) is 11.5 Å². The van der Waals surface area contributed by atoms with Gasteiger partial charge in [-0.3, -0.25) is 9.89 Å². The van der Waals surface area contributed by atoms with E-state index in [1.807, 2.05) is 48.5 Å². The first-order valence-corrected chi connectivity index (χ1v) is 9.54. The van der Waals surface area contributed by atoms with Crippen molar-refractivity contribution in [2.75, 3.05) is 5.32 Å². The van der Waals surface area contributed by atoms with Crippen molar-refractivity contribution in [2.24, 2.45) is 0 Å². The summed E-state index contributed by atoms with van der Waals surface area (Å²) in [6.45, 7) is 1.97. The first kappa shape index (κ1) is 17.9. The standard InChI is InChI=1S/C22H19N7O/c1-13(30)24-12-18-8-14-2-3-15(10-20(14)26-18)22-23-7-6-21(28-22)27-17-4-5-19-16(9-17)11-25-29-19/h2-11,26H,12H2,1H3,(H,24,30)(H,25,29)(H,23,27,28). The highest BCUT2D eigenvalue weighted by Crippen LogP contribution is 2.25. The molecule has 0 aliphatic rings. The maximum atomic E-state index is 11.1. The number of carbonyl (C=O) groups is 1. The van der Waals surface area contributed by atoms with E-state index in [0.29, 0.717) is 18.2 Å². The van der Waals surface area contributed by atoms with Crippen molar-refractivity contribution in [3.05, 3.63) is 66.6 Å². The van der Waals surface area contributed by atoms with Crippen molar-refractivity contribution in [1.29, 1.82) is 0 Å². The highest BCUT2D eigenvalue weighted by atomic mass is 16.1. The van der Waals surface area contributed by atoms with Gasteiger partial charge in [-0.1, -0.05) is 12.1 Å². The maximum absolute atomic E-state index is 11.1. The highest BCUT2D eigenvalue weighted by molar-refractivity contribution is 5.85. The number of hydrogen-bond donors (Lipinski definition) is 4. The quantitative estimate of drug-likeness (QED) is 0.360. The summed E-state index contributed by atoms with van der Waals surface area (Å²) < 4.78 is 0. The Morgan fingerprint density at radius 2 is 1.97 bits per heavy atom. The molecule has 5 rings (SSSR count). The summed E-state index contributed by atoms with van der Waals surface area (Å²) in [5, 5.41) is 15.2. The number of carbonyl (C=O) groups excluding carboxylic acids is 1. The minimum absolute atomic E-state index is 0.0565. The van der Waals surface area contributed by atoms with Crippen LogP contribution in [0, 0.1) is 0 Å². The van der Waals surface area contributed by atoms with Crippen molar-refractivity contribution < 1.29 is 4.79 Å². The Labute approximate surface area is 171 Å². The van der Waals surface area contributed by atoms with E-state index in [1.54, 1.807) is 12.4 Å². The second-order valence-electron chi connectivity index (χ2n) is 7.07. The van der Waals surface area contributed by atoms with Crippen molar-refractivity contribution in [2.45, 2.75) is 13.5 Å². The lowest BCUT2D eigenvalue weighted by Gasteiger charge is -2.07. The number of nitrogens with one attached hydrogen (secondary N) is 4. The van der Waals surface area contributed by atoms with Crippen molar-refractivity contribution >= 4 is 39.2 Å². The number of nitrogens with zero attached hydrogens (tertiary/aromatic N) is 3. The molecule has 0 fully saturated rings. The fourth-order valence-electron chi connectivity index (χ4n) is 3.38. The zero-order valence-corrected chi connectivity index (χ0v) is 16.2. The van der Waals surface area contributed by atoms with E-state index < -0.39 is 0 Å². The average molecular weight is 397 g/mol. The molecular formula is C22H19N7O. The van der Waals surface area contributed by atoms with Crippen LogP contribution in [0.25, 0.3) is 33.2 Å². The van der Waals surface area contributed by atoms with Crippen LogP contribution in [-0.4, -0.2) is 31.1 Å².